The lowest BCUT2D eigenvalue weighted by molar-refractivity contribution is -0.137. The SMILES string of the molecule is CC(C)(C)OC(=O)Nc1ccc(C(CCCC(=O)O)c2cn(C3CCCCC3)cn2)cn1. The molecule has 32 heavy (non-hydrogen) atoms. The van der Waals surface area contributed by atoms with Gasteiger partial charge in [0.1, 0.15) is 11.4 Å². The number of rotatable bonds is 8. The number of carboxylic acids is 1. The van der Waals surface area contributed by atoms with E-state index < -0.39 is 17.7 Å². The Morgan fingerprint density at radius 3 is 2.59 bits per heavy atom. The van der Waals surface area contributed by atoms with Gasteiger partial charge in [-0.3, -0.25) is 10.1 Å². The molecule has 1 saturated carbocycles. The zero-order valence-electron chi connectivity index (χ0n) is 19.2. The van der Waals surface area contributed by atoms with Crippen molar-refractivity contribution in [2.75, 3.05) is 5.32 Å². The Balaban J connectivity index is 1.74. The summed E-state index contributed by atoms with van der Waals surface area (Å²) < 4.78 is 7.48. The van der Waals surface area contributed by atoms with E-state index in [0.29, 0.717) is 24.7 Å². The Labute approximate surface area is 189 Å². The van der Waals surface area contributed by atoms with Crippen molar-refractivity contribution in [3.8, 4) is 0 Å². The fourth-order valence-corrected chi connectivity index (χ4v) is 4.15. The van der Waals surface area contributed by atoms with Crippen molar-refractivity contribution in [3.63, 3.8) is 0 Å². The first-order chi connectivity index (χ1) is 15.2. The van der Waals surface area contributed by atoms with Crippen LogP contribution < -0.4 is 5.32 Å². The minimum absolute atomic E-state index is 0.0535. The minimum atomic E-state index is -0.800. The molecule has 1 atom stereocenters. The van der Waals surface area contributed by atoms with E-state index in [1.54, 1.807) is 33.0 Å². The molecule has 1 fully saturated rings. The first kappa shape index (κ1) is 23.8. The van der Waals surface area contributed by atoms with Crippen LogP contribution in [0.5, 0.6) is 0 Å². The van der Waals surface area contributed by atoms with Crippen LogP contribution >= 0.6 is 0 Å². The number of nitrogens with zero attached hydrogens (tertiary/aromatic N) is 3. The van der Waals surface area contributed by atoms with Crippen LogP contribution in [0.2, 0.25) is 0 Å². The van der Waals surface area contributed by atoms with Gasteiger partial charge in [-0.15, -0.1) is 0 Å². The van der Waals surface area contributed by atoms with Crippen molar-refractivity contribution in [1.82, 2.24) is 14.5 Å². The maximum absolute atomic E-state index is 12.0. The second-order valence-electron chi connectivity index (χ2n) is 9.48. The van der Waals surface area contributed by atoms with Crippen LogP contribution in [0.25, 0.3) is 0 Å². The fourth-order valence-electron chi connectivity index (χ4n) is 4.15. The highest BCUT2D eigenvalue weighted by Gasteiger charge is 2.22. The Bertz CT molecular complexity index is 895. The van der Waals surface area contributed by atoms with Gasteiger partial charge in [0, 0.05) is 30.8 Å². The molecule has 2 heterocycles. The third-order valence-corrected chi connectivity index (χ3v) is 5.68. The zero-order valence-corrected chi connectivity index (χ0v) is 19.2. The third-order valence-electron chi connectivity index (χ3n) is 5.68. The first-order valence-electron chi connectivity index (χ1n) is 11.4. The molecule has 174 valence electrons. The first-order valence-corrected chi connectivity index (χ1v) is 11.4. The summed E-state index contributed by atoms with van der Waals surface area (Å²) in [6.45, 7) is 5.41. The van der Waals surface area contributed by atoms with E-state index in [-0.39, 0.29) is 12.3 Å². The van der Waals surface area contributed by atoms with E-state index in [4.69, 9.17) is 9.84 Å². The van der Waals surface area contributed by atoms with Gasteiger partial charge in [-0.1, -0.05) is 25.3 Å². The number of nitrogens with one attached hydrogen (secondary N) is 1. The maximum Gasteiger partial charge on any atom is 0.413 e. The topological polar surface area (TPSA) is 106 Å². The van der Waals surface area contributed by atoms with Crippen LogP contribution in [0.1, 0.15) is 95.4 Å². The molecular formula is C24H34N4O4. The highest BCUT2D eigenvalue weighted by molar-refractivity contribution is 5.83. The van der Waals surface area contributed by atoms with E-state index in [2.05, 4.69) is 26.0 Å². The molecule has 2 N–H and O–H groups in total. The lowest BCUT2D eigenvalue weighted by Crippen LogP contribution is -2.27. The highest BCUT2D eigenvalue weighted by Crippen LogP contribution is 2.32. The number of aromatic nitrogens is 3. The van der Waals surface area contributed by atoms with E-state index in [1.165, 1.54) is 32.1 Å². The molecule has 8 nitrogen and oxygen atoms in total. The molecule has 0 saturated heterocycles. The van der Waals surface area contributed by atoms with E-state index >= 15 is 0 Å². The number of hydrogen-bond acceptors (Lipinski definition) is 5. The van der Waals surface area contributed by atoms with Crippen LogP contribution in [0.15, 0.2) is 30.9 Å². The quantitative estimate of drug-likeness (QED) is 0.558. The molecule has 0 bridgehead atoms. The smallest absolute Gasteiger partial charge is 0.413 e. The molecule has 0 spiro atoms. The van der Waals surface area contributed by atoms with Gasteiger partial charge in [0.15, 0.2) is 0 Å². The number of hydrogen-bond donors (Lipinski definition) is 2. The molecule has 1 amide bonds. The summed E-state index contributed by atoms with van der Waals surface area (Å²) in [6, 6.07) is 4.13. The molecule has 8 heteroatoms. The Morgan fingerprint density at radius 1 is 1.22 bits per heavy atom. The largest absolute Gasteiger partial charge is 0.481 e. The van der Waals surface area contributed by atoms with Crippen molar-refractivity contribution in [3.05, 3.63) is 42.1 Å². The normalized spacial score (nSPS) is 15.8. The number of carboxylic acid groups (broad SMARTS) is 1. The third kappa shape index (κ3) is 7.07. The number of amides is 1. The van der Waals surface area contributed by atoms with Crippen LogP contribution in [-0.4, -0.2) is 37.3 Å². The summed E-state index contributed by atoms with van der Waals surface area (Å²) in [5.74, 6) is -0.450. The average molecular weight is 443 g/mol. The van der Waals surface area contributed by atoms with Gasteiger partial charge in [-0.25, -0.2) is 14.8 Å². The van der Waals surface area contributed by atoms with Gasteiger partial charge in [0.25, 0.3) is 0 Å². The number of anilines is 1. The minimum Gasteiger partial charge on any atom is -0.481 e. The molecule has 2 aromatic heterocycles. The van der Waals surface area contributed by atoms with Crippen LogP contribution in [0.4, 0.5) is 10.6 Å². The van der Waals surface area contributed by atoms with Crippen molar-refractivity contribution in [2.45, 2.75) is 89.7 Å². The van der Waals surface area contributed by atoms with Gasteiger partial charge in [0.2, 0.25) is 0 Å². The lowest BCUT2D eigenvalue weighted by Gasteiger charge is -2.22. The number of aliphatic carboxylic acids is 1. The van der Waals surface area contributed by atoms with E-state index in [9.17, 15) is 9.59 Å². The average Bonchev–Trinajstić information content (AvgIpc) is 3.21. The summed E-state index contributed by atoms with van der Waals surface area (Å²) in [5, 5.41) is 11.7. The van der Waals surface area contributed by atoms with Gasteiger partial charge >= 0.3 is 12.1 Å². The molecular weight excluding hydrogens is 408 g/mol. The Kier molecular flexibility index (Phi) is 7.88. The molecule has 1 aliphatic carbocycles. The summed E-state index contributed by atoms with van der Waals surface area (Å²) in [6.07, 6.45) is 12.6. The van der Waals surface area contributed by atoms with Gasteiger partial charge in [0.05, 0.1) is 12.0 Å². The number of carbonyl (C=O) groups excluding carboxylic acids is 1. The number of imidazole rings is 1. The standard InChI is InChI=1S/C24H34N4O4/c1-24(2,3)32-23(31)27-21-13-12-17(14-25-21)19(10-7-11-22(29)30)20-15-28(16-26-20)18-8-5-4-6-9-18/h12-16,18-19H,4-11H2,1-3H3,(H,29,30)(H,25,27,31). The second kappa shape index (κ2) is 10.6. The summed E-state index contributed by atoms with van der Waals surface area (Å²) in [7, 11) is 0. The summed E-state index contributed by atoms with van der Waals surface area (Å²) >= 11 is 0. The molecule has 0 radical (unpaired) electrons. The van der Waals surface area contributed by atoms with E-state index in [0.717, 1.165) is 11.3 Å². The van der Waals surface area contributed by atoms with Gasteiger partial charge in [-0.2, -0.15) is 0 Å². The highest BCUT2D eigenvalue weighted by atomic mass is 16.6. The molecule has 1 unspecified atom stereocenters. The Morgan fingerprint density at radius 2 is 1.97 bits per heavy atom. The molecule has 0 aromatic carbocycles. The van der Waals surface area contributed by atoms with Crippen LogP contribution in [0, 0.1) is 0 Å². The maximum atomic E-state index is 12.0. The molecule has 0 aliphatic heterocycles. The molecule has 1 aliphatic rings. The predicted octanol–water partition coefficient (Wildman–Crippen LogP) is 5.52. The van der Waals surface area contributed by atoms with E-state index in [1.807, 2.05) is 12.4 Å². The summed E-state index contributed by atoms with van der Waals surface area (Å²) in [4.78, 5) is 32.1. The van der Waals surface area contributed by atoms with Crippen molar-refractivity contribution < 1.29 is 19.4 Å². The predicted molar refractivity (Wildman–Crippen MR) is 122 cm³/mol. The Hall–Kier alpha value is -2.90. The zero-order chi connectivity index (χ0) is 23.1. The second-order valence-corrected chi connectivity index (χ2v) is 9.48. The van der Waals surface area contributed by atoms with Crippen molar-refractivity contribution in [1.29, 1.82) is 0 Å². The van der Waals surface area contributed by atoms with Gasteiger partial charge in [-0.05, 0) is 58.1 Å². The summed E-state index contributed by atoms with van der Waals surface area (Å²) in [5.41, 5.74) is 1.28. The molecule has 3 rings (SSSR count). The molecule has 2 aromatic rings. The lowest BCUT2D eigenvalue weighted by atomic mass is 9.91. The fraction of sp³-hybridized carbons (Fsp3) is 0.583. The van der Waals surface area contributed by atoms with Crippen LogP contribution in [0.3, 0.4) is 0 Å². The number of carbonyl (C=O) groups is 2. The van der Waals surface area contributed by atoms with Crippen molar-refractivity contribution >= 4 is 17.9 Å². The van der Waals surface area contributed by atoms with Crippen LogP contribution in [-0.2, 0) is 9.53 Å². The number of pyridine rings is 1. The van der Waals surface area contributed by atoms with Crippen molar-refractivity contribution in [2.24, 2.45) is 0 Å². The number of ether oxygens (including phenoxy) is 1. The monoisotopic (exact) mass is 442 g/mol. The van der Waals surface area contributed by atoms with Gasteiger partial charge < -0.3 is 14.4 Å².